The number of aryl methyl sites for hydroxylation is 1. The van der Waals surface area contributed by atoms with Crippen molar-refractivity contribution in [3.8, 4) is 5.75 Å². The predicted octanol–water partition coefficient (Wildman–Crippen LogP) is 3.11. The lowest BCUT2D eigenvalue weighted by atomic mass is 10.2. The summed E-state index contributed by atoms with van der Waals surface area (Å²) in [5.74, 6) is -1.27. The number of aromatic nitrogens is 1. The average Bonchev–Trinajstić information content (AvgIpc) is 2.61. The van der Waals surface area contributed by atoms with Crippen LogP contribution in [0.4, 0.5) is 0 Å². The summed E-state index contributed by atoms with van der Waals surface area (Å²) in [6.07, 6.45) is 0. The molecular weight excluding hydrogens is 383 g/mol. The van der Waals surface area contributed by atoms with Crippen molar-refractivity contribution in [3.63, 3.8) is 0 Å². The Balaban J connectivity index is 1.85. The third kappa shape index (κ3) is 5.32. The van der Waals surface area contributed by atoms with Crippen LogP contribution in [0.5, 0.6) is 5.75 Å². The number of carbonyl (C=O) groups excluding carboxylic acids is 2. The molecule has 0 fully saturated rings. The van der Waals surface area contributed by atoms with Gasteiger partial charge >= 0.3 is 5.97 Å². The van der Waals surface area contributed by atoms with Crippen molar-refractivity contribution in [3.05, 3.63) is 57.3 Å². The Morgan fingerprint density at radius 1 is 1.15 bits per heavy atom. The van der Waals surface area contributed by atoms with Gasteiger partial charge in [-0.2, -0.15) is 0 Å². The van der Waals surface area contributed by atoms with Crippen LogP contribution in [-0.2, 0) is 21.0 Å². The molecular formula is C17H16Cl2N2O5. The highest BCUT2D eigenvalue weighted by atomic mass is 35.5. The van der Waals surface area contributed by atoms with Gasteiger partial charge in [0.1, 0.15) is 12.2 Å². The van der Waals surface area contributed by atoms with E-state index in [2.05, 4.69) is 10.5 Å². The molecule has 1 heterocycles. The van der Waals surface area contributed by atoms with Gasteiger partial charge in [-0.3, -0.25) is 14.6 Å². The second-order valence-electron chi connectivity index (χ2n) is 5.09. The zero-order valence-electron chi connectivity index (χ0n) is 14.0. The Kier molecular flexibility index (Phi) is 7.20. The number of esters is 1. The highest BCUT2D eigenvalue weighted by Crippen LogP contribution is 2.33. The molecule has 0 atom stereocenters. The fourth-order valence-electron chi connectivity index (χ4n) is 2.03. The molecule has 1 amide bonds. The number of hydroxylamine groups is 1. The van der Waals surface area contributed by atoms with E-state index in [0.29, 0.717) is 5.69 Å². The topological polar surface area (TPSA) is 86.8 Å². The number of benzene rings is 1. The lowest BCUT2D eigenvalue weighted by molar-refractivity contribution is -0.152. The van der Waals surface area contributed by atoms with Crippen molar-refractivity contribution in [2.75, 3.05) is 13.7 Å². The van der Waals surface area contributed by atoms with Crippen LogP contribution in [0.2, 0.25) is 10.0 Å². The van der Waals surface area contributed by atoms with Crippen molar-refractivity contribution >= 4 is 35.1 Å². The highest BCUT2D eigenvalue weighted by molar-refractivity contribution is 6.37. The summed E-state index contributed by atoms with van der Waals surface area (Å²) >= 11 is 11.9. The van der Waals surface area contributed by atoms with Gasteiger partial charge in [-0.1, -0.05) is 29.3 Å². The van der Waals surface area contributed by atoms with Gasteiger partial charge in [0.15, 0.2) is 12.4 Å². The van der Waals surface area contributed by atoms with E-state index in [9.17, 15) is 9.59 Å². The van der Waals surface area contributed by atoms with Crippen LogP contribution in [-0.4, -0.2) is 30.6 Å². The molecule has 0 aliphatic carbocycles. The van der Waals surface area contributed by atoms with Crippen LogP contribution in [0, 0.1) is 6.92 Å². The molecule has 138 valence electrons. The smallest absolute Gasteiger partial charge is 0.335 e. The SMILES string of the molecule is COc1c(Cl)ccc(Cl)c1C(=O)NOCC(=O)OCc1cccc(C)n1. The van der Waals surface area contributed by atoms with Gasteiger partial charge in [0.25, 0.3) is 5.91 Å². The lowest BCUT2D eigenvalue weighted by Crippen LogP contribution is -2.28. The fraction of sp³-hybridized carbons (Fsp3) is 0.235. The van der Waals surface area contributed by atoms with Crippen molar-refractivity contribution in [2.45, 2.75) is 13.5 Å². The third-order valence-electron chi connectivity index (χ3n) is 3.17. The van der Waals surface area contributed by atoms with Gasteiger partial charge in [-0.15, -0.1) is 0 Å². The molecule has 9 heteroatoms. The number of hydrogen-bond acceptors (Lipinski definition) is 6. The van der Waals surface area contributed by atoms with Gasteiger partial charge in [0, 0.05) is 5.69 Å². The highest BCUT2D eigenvalue weighted by Gasteiger charge is 2.20. The summed E-state index contributed by atoms with van der Waals surface area (Å²) in [5.41, 5.74) is 3.52. The van der Waals surface area contributed by atoms with Crippen LogP contribution < -0.4 is 10.2 Å². The molecule has 7 nitrogen and oxygen atoms in total. The van der Waals surface area contributed by atoms with Gasteiger partial charge in [0.2, 0.25) is 0 Å². The van der Waals surface area contributed by atoms with Gasteiger partial charge in [0.05, 0.1) is 22.8 Å². The molecule has 0 unspecified atom stereocenters. The Labute approximate surface area is 160 Å². The summed E-state index contributed by atoms with van der Waals surface area (Å²) in [7, 11) is 1.35. The van der Waals surface area contributed by atoms with Crippen LogP contribution in [0.15, 0.2) is 30.3 Å². The first-order chi connectivity index (χ1) is 12.4. The van der Waals surface area contributed by atoms with E-state index in [1.54, 1.807) is 6.07 Å². The molecule has 1 N–H and O–H groups in total. The van der Waals surface area contributed by atoms with Gasteiger partial charge in [-0.05, 0) is 31.2 Å². The summed E-state index contributed by atoms with van der Waals surface area (Å²) in [6, 6.07) is 8.32. The fourth-order valence-corrected chi connectivity index (χ4v) is 2.50. The lowest BCUT2D eigenvalue weighted by Gasteiger charge is -2.12. The molecule has 1 aromatic heterocycles. The molecule has 0 spiro atoms. The van der Waals surface area contributed by atoms with Crippen LogP contribution in [0.3, 0.4) is 0 Å². The molecule has 2 aromatic rings. The number of halogens is 2. The summed E-state index contributed by atoms with van der Waals surface area (Å²) in [5, 5.41) is 0.340. The van der Waals surface area contributed by atoms with Crippen LogP contribution in [0.1, 0.15) is 21.7 Å². The molecule has 1 aromatic carbocycles. The van der Waals surface area contributed by atoms with E-state index < -0.39 is 18.5 Å². The Morgan fingerprint density at radius 2 is 1.88 bits per heavy atom. The normalized spacial score (nSPS) is 10.3. The number of methoxy groups -OCH3 is 1. The minimum atomic E-state index is -0.706. The molecule has 0 radical (unpaired) electrons. The summed E-state index contributed by atoms with van der Waals surface area (Å²) < 4.78 is 10.1. The van der Waals surface area contributed by atoms with Crippen molar-refractivity contribution in [1.82, 2.24) is 10.5 Å². The molecule has 2 rings (SSSR count). The number of hydrogen-bond donors (Lipinski definition) is 1. The standard InChI is InChI=1S/C17H16Cl2N2O5/c1-10-4-3-5-11(20-10)8-25-14(22)9-26-21-17(23)15-12(18)6-7-13(19)16(15)24-2/h3-7H,8-9H2,1-2H3,(H,21,23). The summed E-state index contributed by atoms with van der Waals surface area (Å²) in [4.78, 5) is 32.9. The van der Waals surface area contributed by atoms with E-state index in [0.717, 1.165) is 5.69 Å². The van der Waals surface area contributed by atoms with Crippen molar-refractivity contribution in [1.29, 1.82) is 0 Å². The first-order valence-electron chi connectivity index (χ1n) is 7.44. The molecule has 0 bridgehead atoms. The first kappa shape index (κ1) is 20.0. The molecule has 0 saturated carbocycles. The van der Waals surface area contributed by atoms with Gasteiger partial charge in [-0.25, -0.2) is 10.3 Å². The minimum Gasteiger partial charge on any atom is -0.494 e. The zero-order chi connectivity index (χ0) is 19.1. The van der Waals surface area contributed by atoms with E-state index in [-0.39, 0.29) is 28.0 Å². The number of nitrogens with zero attached hydrogens (tertiary/aromatic N) is 1. The second kappa shape index (κ2) is 9.38. The first-order valence-corrected chi connectivity index (χ1v) is 8.20. The number of amides is 1. The monoisotopic (exact) mass is 398 g/mol. The maximum absolute atomic E-state index is 12.2. The number of nitrogens with one attached hydrogen (secondary N) is 1. The third-order valence-corrected chi connectivity index (χ3v) is 3.78. The molecule has 0 aliphatic rings. The number of pyridine rings is 1. The molecule has 26 heavy (non-hydrogen) atoms. The number of carbonyl (C=O) groups is 2. The predicted molar refractivity (Wildman–Crippen MR) is 95.2 cm³/mol. The van der Waals surface area contributed by atoms with E-state index in [1.165, 1.54) is 19.2 Å². The Hall–Kier alpha value is -2.35. The van der Waals surface area contributed by atoms with Crippen LogP contribution >= 0.6 is 23.2 Å². The summed E-state index contributed by atoms with van der Waals surface area (Å²) in [6.45, 7) is 1.35. The number of ether oxygens (including phenoxy) is 2. The maximum Gasteiger partial charge on any atom is 0.335 e. The average molecular weight is 399 g/mol. The van der Waals surface area contributed by atoms with Crippen LogP contribution in [0.25, 0.3) is 0 Å². The zero-order valence-corrected chi connectivity index (χ0v) is 15.6. The maximum atomic E-state index is 12.2. The van der Waals surface area contributed by atoms with Crippen molar-refractivity contribution in [2.24, 2.45) is 0 Å². The van der Waals surface area contributed by atoms with E-state index in [4.69, 9.17) is 37.5 Å². The number of rotatable bonds is 7. The Morgan fingerprint density at radius 3 is 2.58 bits per heavy atom. The Bertz CT molecular complexity index is 814. The minimum absolute atomic E-state index is 0.000931. The quantitative estimate of drug-likeness (QED) is 0.569. The van der Waals surface area contributed by atoms with E-state index in [1.807, 2.05) is 19.1 Å². The largest absolute Gasteiger partial charge is 0.494 e. The van der Waals surface area contributed by atoms with Gasteiger partial charge < -0.3 is 9.47 Å². The second-order valence-corrected chi connectivity index (χ2v) is 5.90. The van der Waals surface area contributed by atoms with E-state index >= 15 is 0 Å². The van der Waals surface area contributed by atoms with Crippen molar-refractivity contribution < 1.29 is 23.9 Å². The molecule has 0 aliphatic heterocycles. The molecule has 0 saturated heterocycles.